The van der Waals surface area contributed by atoms with Crippen LogP contribution in [0.5, 0.6) is 5.75 Å². The minimum Gasteiger partial charge on any atom is -0.496 e. The second-order valence-electron chi connectivity index (χ2n) is 4.96. The number of nitrogens with one attached hydrogen (secondary N) is 1. The highest BCUT2D eigenvalue weighted by atomic mass is 79.9. The number of benzene rings is 2. The van der Waals surface area contributed by atoms with Crippen LogP contribution in [0, 0.1) is 6.92 Å². The van der Waals surface area contributed by atoms with Crippen molar-refractivity contribution in [1.82, 2.24) is 5.32 Å². The van der Waals surface area contributed by atoms with Gasteiger partial charge in [-0.1, -0.05) is 39.7 Å². The van der Waals surface area contributed by atoms with E-state index in [2.05, 4.69) is 40.3 Å². The van der Waals surface area contributed by atoms with Crippen LogP contribution < -0.4 is 10.1 Å². The van der Waals surface area contributed by atoms with E-state index < -0.39 is 0 Å². The van der Waals surface area contributed by atoms with Crippen molar-refractivity contribution in [3.8, 4) is 5.75 Å². The van der Waals surface area contributed by atoms with Gasteiger partial charge < -0.3 is 10.1 Å². The van der Waals surface area contributed by atoms with Crippen LogP contribution in [0.1, 0.15) is 22.7 Å². The summed E-state index contributed by atoms with van der Waals surface area (Å²) in [5.41, 5.74) is 3.49. The van der Waals surface area contributed by atoms with Crippen LogP contribution in [0.2, 0.25) is 5.02 Å². The molecule has 0 fully saturated rings. The third kappa shape index (κ3) is 3.79. The molecule has 0 spiro atoms. The van der Waals surface area contributed by atoms with Crippen molar-refractivity contribution in [2.24, 2.45) is 0 Å². The number of methoxy groups -OCH3 is 1. The SMILES string of the molecule is CNC(Cc1cc(Br)ccc1OC)c1cccc(Cl)c1C. The van der Waals surface area contributed by atoms with Gasteiger partial charge in [0.05, 0.1) is 7.11 Å². The average Bonchev–Trinajstić information content (AvgIpc) is 2.48. The maximum Gasteiger partial charge on any atom is 0.122 e. The Balaban J connectivity index is 2.35. The lowest BCUT2D eigenvalue weighted by molar-refractivity contribution is 0.406. The highest BCUT2D eigenvalue weighted by molar-refractivity contribution is 9.10. The van der Waals surface area contributed by atoms with Gasteiger partial charge in [0.2, 0.25) is 0 Å². The fraction of sp³-hybridized carbons (Fsp3) is 0.294. The lowest BCUT2D eigenvalue weighted by Crippen LogP contribution is -2.20. The van der Waals surface area contributed by atoms with Crippen LogP contribution in [0.4, 0.5) is 0 Å². The predicted molar refractivity (Wildman–Crippen MR) is 92.4 cm³/mol. The topological polar surface area (TPSA) is 21.3 Å². The second kappa shape index (κ2) is 7.30. The Bertz CT molecular complexity index is 630. The van der Waals surface area contributed by atoms with E-state index in [0.717, 1.165) is 32.8 Å². The molecule has 0 aliphatic carbocycles. The van der Waals surface area contributed by atoms with Crippen LogP contribution in [0.25, 0.3) is 0 Å². The minimum absolute atomic E-state index is 0.187. The molecule has 0 amide bonds. The van der Waals surface area contributed by atoms with Gasteiger partial charge in [-0.25, -0.2) is 0 Å². The zero-order chi connectivity index (χ0) is 15.4. The molecule has 21 heavy (non-hydrogen) atoms. The Labute approximate surface area is 139 Å². The number of ether oxygens (including phenoxy) is 1. The normalized spacial score (nSPS) is 12.2. The molecule has 0 aliphatic heterocycles. The molecule has 0 saturated carbocycles. The smallest absolute Gasteiger partial charge is 0.122 e. The van der Waals surface area contributed by atoms with Crippen LogP contribution in [-0.4, -0.2) is 14.2 Å². The van der Waals surface area contributed by atoms with Crippen molar-refractivity contribution in [2.45, 2.75) is 19.4 Å². The van der Waals surface area contributed by atoms with Gasteiger partial charge >= 0.3 is 0 Å². The summed E-state index contributed by atoms with van der Waals surface area (Å²) in [6.45, 7) is 2.06. The third-order valence-corrected chi connectivity index (χ3v) is 4.60. The van der Waals surface area contributed by atoms with Gasteiger partial charge in [-0.15, -0.1) is 0 Å². The highest BCUT2D eigenvalue weighted by Gasteiger charge is 2.16. The van der Waals surface area contributed by atoms with Crippen molar-refractivity contribution in [3.63, 3.8) is 0 Å². The summed E-state index contributed by atoms with van der Waals surface area (Å²) in [6, 6.07) is 12.3. The highest BCUT2D eigenvalue weighted by Crippen LogP contribution is 2.30. The molecule has 2 rings (SSSR count). The van der Waals surface area contributed by atoms with Gasteiger partial charge in [0.1, 0.15) is 5.75 Å². The van der Waals surface area contributed by atoms with Crippen LogP contribution >= 0.6 is 27.5 Å². The van der Waals surface area contributed by atoms with Gasteiger partial charge in [-0.05, 0) is 61.3 Å². The van der Waals surface area contributed by atoms with E-state index in [9.17, 15) is 0 Å². The maximum atomic E-state index is 6.24. The van der Waals surface area contributed by atoms with E-state index in [4.69, 9.17) is 16.3 Å². The first kappa shape index (κ1) is 16.3. The Kier molecular flexibility index (Phi) is 5.68. The van der Waals surface area contributed by atoms with Crippen molar-refractivity contribution < 1.29 is 4.74 Å². The molecule has 0 bridgehead atoms. The number of rotatable bonds is 5. The van der Waals surface area contributed by atoms with Crippen molar-refractivity contribution in [1.29, 1.82) is 0 Å². The van der Waals surface area contributed by atoms with Gasteiger partial charge in [-0.2, -0.15) is 0 Å². The second-order valence-corrected chi connectivity index (χ2v) is 6.28. The molecule has 1 atom stereocenters. The van der Waals surface area contributed by atoms with Crippen molar-refractivity contribution >= 4 is 27.5 Å². The summed E-state index contributed by atoms with van der Waals surface area (Å²) in [6.07, 6.45) is 0.834. The standard InChI is InChI=1S/C17H19BrClNO/c1-11-14(5-4-6-15(11)19)16(20-2)10-12-9-13(18)7-8-17(12)21-3/h4-9,16,20H,10H2,1-3H3. The van der Waals surface area contributed by atoms with Crippen molar-refractivity contribution in [3.05, 3.63) is 62.6 Å². The molecule has 2 aromatic carbocycles. The molecule has 0 radical (unpaired) electrons. The summed E-state index contributed by atoms with van der Waals surface area (Å²) >= 11 is 9.76. The van der Waals surface area contributed by atoms with Gasteiger partial charge in [0, 0.05) is 15.5 Å². The summed E-state index contributed by atoms with van der Waals surface area (Å²) in [4.78, 5) is 0. The van der Waals surface area contributed by atoms with Gasteiger partial charge in [-0.3, -0.25) is 0 Å². The zero-order valence-electron chi connectivity index (χ0n) is 12.4. The Morgan fingerprint density at radius 2 is 2.05 bits per heavy atom. The molecule has 1 N–H and O–H groups in total. The van der Waals surface area contributed by atoms with Crippen LogP contribution in [0.15, 0.2) is 40.9 Å². The van der Waals surface area contributed by atoms with E-state index in [0.29, 0.717) is 0 Å². The Morgan fingerprint density at radius 3 is 2.71 bits per heavy atom. The first-order valence-electron chi connectivity index (χ1n) is 6.81. The molecular weight excluding hydrogens is 350 g/mol. The molecule has 1 unspecified atom stereocenters. The predicted octanol–water partition coefficient (Wildman–Crippen LogP) is 4.92. The molecule has 0 heterocycles. The number of likely N-dealkylation sites (N-methyl/N-ethyl adjacent to an activating group) is 1. The maximum absolute atomic E-state index is 6.24. The van der Waals surface area contributed by atoms with E-state index in [-0.39, 0.29) is 6.04 Å². The lowest BCUT2D eigenvalue weighted by atomic mass is 9.95. The van der Waals surface area contributed by atoms with Gasteiger partial charge in [0.25, 0.3) is 0 Å². The summed E-state index contributed by atoms with van der Waals surface area (Å²) < 4.78 is 6.51. The summed E-state index contributed by atoms with van der Waals surface area (Å²) in [5, 5.41) is 4.18. The van der Waals surface area contributed by atoms with Crippen LogP contribution in [-0.2, 0) is 6.42 Å². The lowest BCUT2D eigenvalue weighted by Gasteiger charge is -2.21. The largest absolute Gasteiger partial charge is 0.496 e. The molecule has 2 aromatic rings. The Hall–Kier alpha value is -1.03. The minimum atomic E-state index is 0.187. The summed E-state index contributed by atoms with van der Waals surface area (Å²) in [7, 11) is 3.67. The molecular formula is C17H19BrClNO. The molecule has 0 aromatic heterocycles. The fourth-order valence-electron chi connectivity index (χ4n) is 2.50. The monoisotopic (exact) mass is 367 g/mol. The number of hydrogen-bond donors (Lipinski definition) is 1. The Morgan fingerprint density at radius 1 is 1.29 bits per heavy atom. The average molecular weight is 369 g/mol. The van der Waals surface area contributed by atoms with E-state index in [1.807, 2.05) is 31.3 Å². The zero-order valence-corrected chi connectivity index (χ0v) is 14.8. The molecule has 2 nitrogen and oxygen atoms in total. The molecule has 0 aliphatic rings. The third-order valence-electron chi connectivity index (χ3n) is 3.70. The molecule has 112 valence electrons. The van der Waals surface area contributed by atoms with Crippen molar-refractivity contribution in [2.75, 3.05) is 14.2 Å². The molecule has 0 saturated heterocycles. The summed E-state index contributed by atoms with van der Waals surface area (Å²) in [5.74, 6) is 0.901. The number of halogens is 2. The van der Waals surface area contributed by atoms with E-state index >= 15 is 0 Å². The quantitative estimate of drug-likeness (QED) is 0.808. The van der Waals surface area contributed by atoms with E-state index in [1.165, 1.54) is 5.56 Å². The first-order chi connectivity index (χ1) is 10.1. The number of hydrogen-bond acceptors (Lipinski definition) is 2. The van der Waals surface area contributed by atoms with Gasteiger partial charge in [0.15, 0.2) is 0 Å². The van der Waals surface area contributed by atoms with E-state index in [1.54, 1.807) is 7.11 Å². The van der Waals surface area contributed by atoms with Crippen LogP contribution in [0.3, 0.4) is 0 Å². The fourth-order valence-corrected chi connectivity index (χ4v) is 3.09. The first-order valence-corrected chi connectivity index (χ1v) is 7.98. The molecule has 4 heteroatoms.